The van der Waals surface area contributed by atoms with Crippen LogP contribution in [0.3, 0.4) is 0 Å². The fourth-order valence-electron chi connectivity index (χ4n) is 15.2. The molecule has 0 atom stereocenters. The standard InChI is InChI=1S/C84H53BN4O/c1-4-22-54(23-5-1)62-28-10-16-34-72(62)88-78-50-58(56-41-46-77-68(48-56)66-32-14-20-38-76(66)86(77)60-26-8-3-9-27-60)40-44-70(78)85-71-45-43-61(87-74-36-18-12-30-64(74)65-31-13-19-37-75(65)87)53-79(71)89(73-35-17-11-29-63(73)55-24-6-2-7-25-55)81-52-59(51-80(88)84(81)85)57-42-47-83-69(49-57)67-33-15-21-39-82(67)90-83/h1-53H. The summed E-state index contributed by atoms with van der Waals surface area (Å²) in [5, 5.41) is 7.09. The van der Waals surface area contributed by atoms with Crippen molar-refractivity contribution >= 4 is 123 Å². The van der Waals surface area contributed by atoms with Gasteiger partial charge >= 0.3 is 0 Å². The Morgan fingerprint density at radius 1 is 0.233 bits per heavy atom. The Morgan fingerprint density at radius 2 is 0.656 bits per heavy atom. The average molecular weight is 1150 g/mol. The Morgan fingerprint density at radius 3 is 1.29 bits per heavy atom. The Bertz CT molecular complexity index is 5710. The summed E-state index contributed by atoms with van der Waals surface area (Å²) in [6, 6.07) is 119. The van der Waals surface area contributed by atoms with Crippen molar-refractivity contribution in [3.63, 3.8) is 0 Å². The predicted octanol–water partition coefficient (Wildman–Crippen LogP) is 20.5. The molecule has 0 N–H and O–H groups in total. The molecule has 0 bridgehead atoms. The molecule has 0 saturated carbocycles. The molecule has 5 nitrogen and oxygen atoms in total. The smallest absolute Gasteiger partial charge is 0.252 e. The first kappa shape index (κ1) is 50.3. The van der Waals surface area contributed by atoms with Crippen LogP contribution in [0.1, 0.15) is 0 Å². The van der Waals surface area contributed by atoms with Crippen LogP contribution in [0.4, 0.5) is 34.1 Å². The lowest BCUT2D eigenvalue weighted by atomic mass is 9.33. The fraction of sp³-hybridized carbons (Fsp3) is 0. The van der Waals surface area contributed by atoms with E-state index in [4.69, 9.17) is 4.42 Å². The summed E-state index contributed by atoms with van der Waals surface area (Å²) in [6.45, 7) is -0.179. The third-order valence-electron chi connectivity index (χ3n) is 19.1. The van der Waals surface area contributed by atoms with Crippen LogP contribution in [0, 0.1) is 0 Å². The van der Waals surface area contributed by atoms with E-state index >= 15 is 0 Å². The summed E-state index contributed by atoms with van der Waals surface area (Å²) in [4.78, 5) is 5.20. The van der Waals surface area contributed by atoms with Gasteiger partial charge in [-0.1, -0.05) is 218 Å². The highest BCUT2D eigenvalue weighted by Gasteiger charge is 2.45. The lowest BCUT2D eigenvalue weighted by Crippen LogP contribution is -2.61. The minimum Gasteiger partial charge on any atom is -0.456 e. The molecule has 6 heteroatoms. The lowest BCUT2D eigenvalue weighted by Gasteiger charge is -2.45. The molecule has 5 heterocycles. The van der Waals surface area contributed by atoms with Crippen LogP contribution >= 0.6 is 0 Å². The van der Waals surface area contributed by atoms with E-state index in [1.807, 2.05) is 0 Å². The quantitative estimate of drug-likeness (QED) is 0.142. The molecule has 0 fully saturated rings. The second kappa shape index (κ2) is 19.8. The van der Waals surface area contributed by atoms with Gasteiger partial charge in [0.15, 0.2) is 0 Å². The normalized spacial score (nSPS) is 12.6. The Hall–Kier alpha value is -11.9. The topological polar surface area (TPSA) is 29.5 Å². The van der Waals surface area contributed by atoms with Crippen LogP contribution in [-0.2, 0) is 0 Å². The molecule has 3 aromatic heterocycles. The molecule has 2 aliphatic rings. The first-order chi connectivity index (χ1) is 44.7. The van der Waals surface area contributed by atoms with E-state index in [1.54, 1.807) is 0 Å². The molecule has 0 radical (unpaired) electrons. The maximum Gasteiger partial charge on any atom is 0.252 e. The van der Waals surface area contributed by atoms with Crippen LogP contribution in [0.2, 0.25) is 0 Å². The highest BCUT2D eigenvalue weighted by molar-refractivity contribution is 7.00. The molecule has 2 aliphatic heterocycles. The number of nitrogens with zero attached hydrogens (tertiary/aromatic N) is 4. The van der Waals surface area contributed by atoms with Gasteiger partial charge in [0.2, 0.25) is 0 Å². The van der Waals surface area contributed by atoms with Crippen molar-refractivity contribution in [2.75, 3.05) is 9.80 Å². The zero-order chi connectivity index (χ0) is 59.0. The first-order valence-corrected chi connectivity index (χ1v) is 31.0. The number of aromatic nitrogens is 2. The summed E-state index contributed by atoms with van der Waals surface area (Å²) < 4.78 is 11.4. The SMILES string of the molecule is c1ccc(-c2ccccc2N2c3cc(-c4ccc5c(c4)c4ccccc4n5-c4ccccc4)ccc3B3c4ccc(-n5c6ccccc6c6ccccc65)cc4N(c4ccccc4-c4ccccc4)c4cc(-c5ccc6oc7ccccc7c6c5)cc2c43)cc1. The zero-order valence-electron chi connectivity index (χ0n) is 48.9. The summed E-state index contributed by atoms with van der Waals surface area (Å²) in [5.41, 5.74) is 28.2. The second-order valence-electron chi connectivity index (χ2n) is 23.9. The van der Waals surface area contributed by atoms with Crippen molar-refractivity contribution in [2.24, 2.45) is 0 Å². The van der Waals surface area contributed by atoms with Gasteiger partial charge in [0.25, 0.3) is 6.71 Å². The third-order valence-corrected chi connectivity index (χ3v) is 19.1. The van der Waals surface area contributed by atoms with Crippen LogP contribution in [0.25, 0.3) is 121 Å². The van der Waals surface area contributed by atoms with Crippen molar-refractivity contribution < 1.29 is 4.42 Å². The van der Waals surface area contributed by atoms with E-state index in [2.05, 4.69) is 340 Å². The number of benzene rings is 14. The summed E-state index contributed by atoms with van der Waals surface area (Å²) in [7, 11) is 0. The minimum absolute atomic E-state index is 0.179. The van der Waals surface area contributed by atoms with Gasteiger partial charge < -0.3 is 23.4 Å². The number of fused-ring (bicyclic) bond motifs is 13. The maximum atomic E-state index is 6.53. The molecule has 19 rings (SSSR count). The van der Waals surface area contributed by atoms with Crippen molar-refractivity contribution in [1.29, 1.82) is 0 Å². The van der Waals surface area contributed by atoms with Crippen LogP contribution < -0.4 is 26.2 Å². The second-order valence-corrected chi connectivity index (χ2v) is 23.9. The van der Waals surface area contributed by atoms with Crippen molar-refractivity contribution in [1.82, 2.24) is 9.13 Å². The molecular formula is C84H53BN4O. The number of furan rings is 1. The number of hydrogen-bond acceptors (Lipinski definition) is 3. The molecule has 90 heavy (non-hydrogen) atoms. The Kier molecular flexibility index (Phi) is 11.1. The van der Waals surface area contributed by atoms with Crippen LogP contribution in [0.5, 0.6) is 0 Å². The number of para-hydroxylation sites is 7. The zero-order valence-corrected chi connectivity index (χ0v) is 48.9. The summed E-state index contributed by atoms with van der Waals surface area (Å²) >= 11 is 0. The van der Waals surface area contributed by atoms with E-state index in [9.17, 15) is 0 Å². The maximum absolute atomic E-state index is 6.53. The highest BCUT2D eigenvalue weighted by Crippen LogP contribution is 2.51. The molecule has 0 amide bonds. The van der Waals surface area contributed by atoms with Gasteiger partial charge in [-0.25, -0.2) is 0 Å². The van der Waals surface area contributed by atoms with E-state index in [0.29, 0.717) is 0 Å². The van der Waals surface area contributed by atoms with Crippen LogP contribution in [-0.4, -0.2) is 15.8 Å². The molecule has 0 saturated heterocycles. The molecule has 17 aromatic rings. The molecule has 0 aliphatic carbocycles. The molecule has 14 aromatic carbocycles. The van der Waals surface area contributed by atoms with Gasteiger partial charge in [0.1, 0.15) is 11.2 Å². The molecule has 0 spiro atoms. The van der Waals surface area contributed by atoms with Crippen LogP contribution in [0.15, 0.2) is 326 Å². The Labute approximate surface area is 520 Å². The largest absolute Gasteiger partial charge is 0.456 e. The van der Waals surface area contributed by atoms with E-state index < -0.39 is 0 Å². The van der Waals surface area contributed by atoms with E-state index in [0.717, 1.165) is 112 Å². The molecule has 418 valence electrons. The van der Waals surface area contributed by atoms with Gasteiger partial charge in [0, 0.05) is 77.6 Å². The van der Waals surface area contributed by atoms with E-state index in [1.165, 1.54) is 60.0 Å². The predicted molar refractivity (Wildman–Crippen MR) is 378 cm³/mol. The summed E-state index contributed by atoms with van der Waals surface area (Å²) in [6.07, 6.45) is 0. The van der Waals surface area contributed by atoms with Gasteiger partial charge in [-0.3, -0.25) is 0 Å². The summed E-state index contributed by atoms with van der Waals surface area (Å²) in [5.74, 6) is 0. The van der Waals surface area contributed by atoms with Gasteiger partial charge in [-0.15, -0.1) is 0 Å². The van der Waals surface area contributed by atoms with Gasteiger partial charge in [-0.05, 0) is 153 Å². The van der Waals surface area contributed by atoms with Gasteiger partial charge in [-0.2, -0.15) is 0 Å². The van der Waals surface area contributed by atoms with Crippen molar-refractivity contribution in [3.8, 4) is 55.9 Å². The number of anilines is 6. The van der Waals surface area contributed by atoms with E-state index in [-0.39, 0.29) is 6.71 Å². The van der Waals surface area contributed by atoms with Gasteiger partial charge in [0.05, 0.1) is 33.4 Å². The first-order valence-electron chi connectivity index (χ1n) is 31.0. The fourth-order valence-corrected chi connectivity index (χ4v) is 15.2. The van der Waals surface area contributed by atoms with Crippen molar-refractivity contribution in [3.05, 3.63) is 322 Å². The lowest BCUT2D eigenvalue weighted by molar-refractivity contribution is 0.669. The third kappa shape index (κ3) is 7.58. The number of rotatable bonds is 8. The monoisotopic (exact) mass is 1140 g/mol. The average Bonchev–Trinajstić information content (AvgIpc) is 1.10. The highest BCUT2D eigenvalue weighted by atomic mass is 16.3. The number of hydrogen-bond donors (Lipinski definition) is 0. The Balaban J connectivity index is 0.926. The molecular weight excluding hydrogens is 1090 g/mol. The van der Waals surface area contributed by atoms with Crippen molar-refractivity contribution in [2.45, 2.75) is 0 Å². The molecule has 0 unspecified atom stereocenters. The minimum atomic E-state index is -0.179.